The van der Waals surface area contributed by atoms with Gasteiger partial charge in [-0.1, -0.05) is 152 Å². The molecule has 0 saturated heterocycles. The van der Waals surface area contributed by atoms with Crippen LogP contribution < -0.4 is 0 Å². The number of nitrogens with zero attached hydrogens (tertiary/aromatic N) is 4. The zero-order chi connectivity index (χ0) is 36.7. The van der Waals surface area contributed by atoms with E-state index >= 15 is 0 Å². The van der Waals surface area contributed by atoms with Crippen molar-refractivity contribution >= 4 is 76.1 Å². The van der Waals surface area contributed by atoms with E-state index in [2.05, 4.69) is 126 Å². The third-order valence-electron chi connectivity index (χ3n) is 11.2. The lowest BCUT2D eigenvalue weighted by Gasteiger charge is -2.13. The summed E-state index contributed by atoms with van der Waals surface area (Å²) in [6.45, 7) is 0. The fraction of sp³-hybridized carbons (Fsp3) is 0. The minimum absolute atomic E-state index is 0.581. The molecule has 3 aromatic heterocycles. The number of aromatic nitrogens is 4. The summed E-state index contributed by atoms with van der Waals surface area (Å²) < 4.78 is 9.36. The van der Waals surface area contributed by atoms with Gasteiger partial charge in [-0.15, -0.1) is 0 Å². The van der Waals surface area contributed by atoms with Crippen molar-refractivity contribution in [2.24, 2.45) is 0 Å². The van der Waals surface area contributed by atoms with Crippen LogP contribution in [0.1, 0.15) is 0 Å². The van der Waals surface area contributed by atoms with Crippen LogP contribution in [0.15, 0.2) is 186 Å². The van der Waals surface area contributed by atoms with E-state index in [1.54, 1.807) is 0 Å². The Hall–Kier alpha value is -7.63. The van der Waals surface area contributed by atoms with Gasteiger partial charge in [-0.25, -0.2) is 15.0 Å². The summed E-state index contributed by atoms with van der Waals surface area (Å²) in [6, 6.07) is 63.8. The maximum absolute atomic E-state index is 6.98. The first kappa shape index (κ1) is 30.8. The lowest BCUT2D eigenvalue weighted by Crippen LogP contribution is -2.01. The monoisotopic (exact) mass is 714 g/mol. The molecule has 0 bridgehead atoms. The lowest BCUT2D eigenvalue weighted by atomic mass is 10.00. The smallest absolute Gasteiger partial charge is 0.164 e. The number of furan rings is 1. The highest BCUT2D eigenvalue weighted by atomic mass is 16.3. The summed E-state index contributed by atoms with van der Waals surface area (Å²) >= 11 is 0. The van der Waals surface area contributed by atoms with E-state index in [4.69, 9.17) is 19.4 Å². The molecule has 3 heterocycles. The number of fused-ring (bicyclic) bond motifs is 12. The van der Waals surface area contributed by atoms with Gasteiger partial charge in [-0.05, 0) is 51.2 Å². The molecule has 0 spiro atoms. The predicted molar refractivity (Wildman–Crippen MR) is 230 cm³/mol. The number of rotatable bonds is 4. The van der Waals surface area contributed by atoms with Crippen molar-refractivity contribution in [1.82, 2.24) is 19.5 Å². The van der Waals surface area contributed by atoms with E-state index in [-0.39, 0.29) is 0 Å². The zero-order valence-corrected chi connectivity index (χ0v) is 30.0. The molecule has 0 saturated carbocycles. The van der Waals surface area contributed by atoms with Crippen molar-refractivity contribution in [3.63, 3.8) is 0 Å². The molecule has 5 heteroatoms. The molecule has 5 nitrogen and oxygen atoms in total. The van der Waals surface area contributed by atoms with Crippen molar-refractivity contribution < 1.29 is 4.42 Å². The fourth-order valence-electron chi connectivity index (χ4n) is 8.68. The maximum Gasteiger partial charge on any atom is 0.164 e. The predicted octanol–water partition coefficient (Wildman–Crippen LogP) is 13.3. The highest BCUT2D eigenvalue weighted by Crippen LogP contribution is 2.44. The Morgan fingerprint density at radius 1 is 0.375 bits per heavy atom. The number of benzene rings is 9. The standard InChI is InChI=1S/C51H30N4O/c1-3-16-34(17-4-1)49-52-50(35-18-5-2-6-19-35)54-51(53-49)41-29-36(30-44-45(41)40-26-23-33-15-9-12-22-39(33)48(40)56-44)55-42-27-24-31-13-7-10-20-37(31)46(42)47-38-21-11-8-14-32(38)25-28-43(47)55/h1-30H. The van der Waals surface area contributed by atoms with Crippen molar-refractivity contribution in [2.45, 2.75) is 0 Å². The summed E-state index contributed by atoms with van der Waals surface area (Å²) in [5.41, 5.74) is 7.53. The number of hydrogen-bond donors (Lipinski definition) is 0. The van der Waals surface area contributed by atoms with Gasteiger partial charge in [0.2, 0.25) is 0 Å². The van der Waals surface area contributed by atoms with Gasteiger partial charge in [0.05, 0.1) is 16.7 Å². The van der Waals surface area contributed by atoms with Crippen molar-refractivity contribution in [1.29, 1.82) is 0 Å². The molecule has 56 heavy (non-hydrogen) atoms. The van der Waals surface area contributed by atoms with Crippen molar-refractivity contribution in [3.05, 3.63) is 182 Å². The van der Waals surface area contributed by atoms with Crippen LogP contribution in [0.2, 0.25) is 0 Å². The van der Waals surface area contributed by atoms with E-state index in [1.807, 2.05) is 60.7 Å². The summed E-state index contributed by atoms with van der Waals surface area (Å²) in [6.07, 6.45) is 0. The normalized spacial score (nSPS) is 11.9. The largest absolute Gasteiger partial charge is 0.455 e. The van der Waals surface area contributed by atoms with Gasteiger partial charge in [0.1, 0.15) is 11.2 Å². The third-order valence-corrected chi connectivity index (χ3v) is 11.2. The van der Waals surface area contributed by atoms with Gasteiger partial charge >= 0.3 is 0 Å². The quantitative estimate of drug-likeness (QED) is 0.182. The van der Waals surface area contributed by atoms with Crippen LogP contribution in [0.5, 0.6) is 0 Å². The second kappa shape index (κ2) is 11.9. The van der Waals surface area contributed by atoms with E-state index in [0.29, 0.717) is 17.5 Å². The van der Waals surface area contributed by atoms with Gasteiger partial charge in [-0.2, -0.15) is 0 Å². The average Bonchev–Trinajstić information content (AvgIpc) is 3.83. The van der Waals surface area contributed by atoms with Crippen molar-refractivity contribution in [2.75, 3.05) is 0 Å². The second-order valence-electron chi connectivity index (χ2n) is 14.4. The van der Waals surface area contributed by atoms with Crippen LogP contribution in [0.4, 0.5) is 0 Å². The molecule has 0 atom stereocenters. The van der Waals surface area contributed by atoms with Gasteiger partial charge in [0.15, 0.2) is 17.5 Å². The van der Waals surface area contributed by atoms with E-state index in [9.17, 15) is 0 Å². The second-order valence-corrected chi connectivity index (χ2v) is 14.4. The van der Waals surface area contributed by atoms with Gasteiger partial charge in [0.25, 0.3) is 0 Å². The summed E-state index contributed by atoms with van der Waals surface area (Å²) in [5, 5.41) is 11.5. The van der Waals surface area contributed by atoms with E-state index in [0.717, 1.165) is 66.1 Å². The SMILES string of the molecule is c1ccc(-c2nc(-c3ccccc3)nc(-c3cc(-n4c5ccc6ccccc6c5c5c6ccccc6ccc54)cc4oc5c6ccccc6ccc5c34)n2)cc1. The first-order chi connectivity index (χ1) is 27.8. The summed E-state index contributed by atoms with van der Waals surface area (Å²) in [7, 11) is 0. The molecule has 260 valence electrons. The molecule has 0 amide bonds. The van der Waals surface area contributed by atoms with Crippen LogP contribution in [-0.2, 0) is 0 Å². The van der Waals surface area contributed by atoms with Crippen LogP contribution >= 0.6 is 0 Å². The van der Waals surface area contributed by atoms with E-state index < -0.39 is 0 Å². The lowest BCUT2D eigenvalue weighted by molar-refractivity contribution is 0.672. The fourth-order valence-corrected chi connectivity index (χ4v) is 8.68. The van der Waals surface area contributed by atoms with E-state index in [1.165, 1.54) is 32.3 Å². The van der Waals surface area contributed by atoms with Crippen LogP contribution in [0.25, 0.3) is 116 Å². The Bertz CT molecular complexity index is 3380. The molecule has 0 N–H and O–H groups in total. The molecule has 0 fully saturated rings. The highest BCUT2D eigenvalue weighted by Gasteiger charge is 2.23. The zero-order valence-electron chi connectivity index (χ0n) is 30.0. The first-order valence-corrected chi connectivity index (χ1v) is 18.9. The number of hydrogen-bond acceptors (Lipinski definition) is 4. The average molecular weight is 715 g/mol. The summed E-state index contributed by atoms with van der Waals surface area (Å²) in [5.74, 6) is 1.80. The molecule has 0 unspecified atom stereocenters. The molecular weight excluding hydrogens is 685 g/mol. The Morgan fingerprint density at radius 3 is 1.45 bits per heavy atom. The summed E-state index contributed by atoms with van der Waals surface area (Å²) in [4.78, 5) is 15.5. The topological polar surface area (TPSA) is 56.7 Å². The van der Waals surface area contributed by atoms with Gasteiger partial charge < -0.3 is 8.98 Å². The highest BCUT2D eigenvalue weighted by molar-refractivity contribution is 6.29. The molecule has 0 aliphatic rings. The minimum Gasteiger partial charge on any atom is -0.455 e. The molecule has 0 aliphatic carbocycles. The molecule has 0 radical (unpaired) electrons. The molecular formula is C51H30N4O. The first-order valence-electron chi connectivity index (χ1n) is 18.9. The molecule has 12 aromatic rings. The Labute approximate surface area is 320 Å². The Morgan fingerprint density at radius 2 is 0.857 bits per heavy atom. The Kier molecular flexibility index (Phi) is 6.56. The van der Waals surface area contributed by atoms with Crippen molar-refractivity contribution in [3.8, 4) is 39.9 Å². The Balaban J connectivity index is 1.24. The minimum atomic E-state index is 0.581. The molecule has 0 aliphatic heterocycles. The van der Waals surface area contributed by atoms with Crippen LogP contribution in [0.3, 0.4) is 0 Å². The molecule has 12 rings (SSSR count). The van der Waals surface area contributed by atoms with Gasteiger partial charge in [-0.3, -0.25) is 0 Å². The molecule has 9 aromatic carbocycles. The van der Waals surface area contributed by atoms with Crippen LogP contribution in [0, 0.1) is 0 Å². The third kappa shape index (κ3) is 4.58. The van der Waals surface area contributed by atoms with Gasteiger partial charge in [0, 0.05) is 49.7 Å². The van der Waals surface area contributed by atoms with Crippen LogP contribution in [-0.4, -0.2) is 19.5 Å². The maximum atomic E-state index is 6.98.